The number of hydrogen-bond acceptors (Lipinski definition) is 3. The van der Waals surface area contributed by atoms with Crippen LogP contribution in [0.4, 0.5) is 14.5 Å². The maximum atomic E-state index is 13.2. The molecule has 0 heterocycles. The van der Waals surface area contributed by atoms with Crippen molar-refractivity contribution in [3.63, 3.8) is 0 Å². The molecule has 24 heavy (non-hydrogen) atoms. The van der Waals surface area contributed by atoms with Crippen LogP contribution in [-0.2, 0) is 10.0 Å². The lowest BCUT2D eigenvalue weighted by Crippen LogP contribution is -2.23. The largest absolute Gasteiger partial charge is 0.349 e. The van der Waals surface area contributed by atoms with E-state index in [0.717, 1.165) is 18.2 Å². The molecule has 2 aromatic rings. The quantitative estimate of drug-likeness (QED) is 0.785. The lowest BCUT2D eigenvalue weighted by atomic mass is 10.2. The van der Waals surface area contributed by atoms with Gasteiger partial charge in [-0.1, -0.05) is 12.1 Å². The smallest absolute Gasteiger partial charge is 0.261 e. The molecule has 8 heteroatoms. The van der Waals surface area contributed by atoms with E-state index in [-0.39, 0.29) is 22.7 Å². The minimum Gasteiger partial charge on any atom is -0.349 e. The van der Waals surface area contributed by atoms with Crippen molar-refractivity contribution in [1.82, 2.24) is 5.32 Å². The van der Waals surface area contributed by atoms with Gasteiger partial charge in [0.2, 0.25) is 0 Å². The summed E-state index contributed by atoms with van der Waals surface area (Å²) in [4.78, 5) is 11.7. The van der Waals surface area contributed by atoms with Crippen LogP contribution in [0.2, 0.25) is 0 Å². The maximum absolute atomic E-state index is 13.2. The molecule has 0 aliphatic rings. The number of hydrogen-bond donors (Lipinski definition) is 2. The molecule has 0 spiro atoms. The summed E-state index contributed by atoms with van der Waals surface area (Å²) in [5.41, 5.74) is 0.0143. The van der Waals surface area contributed by atoms with E-state index < -0.39 is 27.6 Å². The van der Waals surface area contributed by atoms with Gasteiger partial charge in [0, 0.05) is 18.2 Å². The maximum Gasteiger partial charge on any atom is 0.261 e. The van der Waals surface area contributed by atoms with Gasteiger partial charge in [0.1, 0.15) is 0 Å². The zero-order valence-corrected chi connectivity index (χ0v) is 13.2. The third-order valence-corrected chi connectivity index (χ3v) is 4.36. The minimum atomic E-state index is -4.06. The Kier molecular flexibility index (Phi) is 5.30. The zero-order valence-electron chi connectivity index (χ0n) is 12.4. The number of carbonyl (C=O) groups is 1. The number of amides is 1. The topological polar surface area (TPSA) is 75.3 Å². The van der Waals surface area contributed by atoms with Crippen molar-refractivity contribution in [2.24, 2.45) is 0 Å². The molecule has 2 rings (SSSR count). The van der Waals surface area contributed by atoms with Crippen molar-refractivity contribution < 1.29 is 22.0 Å². The second kappa shape index (κ2) is 7.22. The summed E-state index contributed by atoms with van der Waals surface area (Å²) in [6, 6.07) is 7.96. The predicted octanol–water partition coefficient (Wildman–Crippen LogP) is 2.68. The zero-order chi connectivity index (χ0) is 17.7. The van der Waals surface area contributed by atoms with E-state index in [4.69, 9.17) is 0 Å². The summed E-state index contributed by atoms with van der Waals surface area (Å²) in [5, 5.41) is 2.53. The van der Waals surface area contributed by atoms with Crippen LogP contribution < -0.4 is 10.0 Å². The van der Waals surface area contributed by atoms with E-state index in [1.807, 2.05) is 0 Å². The first-order chi connectivity index (χ1) is 11.3. The second-order valence-electron chi connectivity index (χ2n) is 4.76. The normalized spacial score (nSPS) is 10.9. The molecule has 0 atom stereocenters. The van der Waals surface area contributed by atoms with Gasteiger partial charge in [-0.15, -0.1) is 6.58 Å². The summed E-state index contributed by atoms with van der Waals surface area (Å²) < 4.78 is 52.8. The van der Waals surface area contributed by atoms with Gasteiger partial charge in [-0.05, 0) is 30.3 Å². The molecule has 0 bridgehead atoms. The molecular weight excluding hydrogens is 338 g/mol. The minimum absolute atomic E-state index is 0.129. The van der Waals surface area contributed by atoms with E-state index in [9.17, 15) is 22.0 Å². The van der Waals surface area contributed by atoms with E-state index in [2.05, 4.69) is 16.6 Å². The van der Waals surface area contributed by atoms with Crippen LogP contribution in [0.1, 0.15) is 10.4 Å². The fraction of sp³-hybridized carbons (Fsp3) is 0.0625. The van der Waals surface area contributed by atoms with Gasteiger partial charge in [-0.2, -0.15) is 0 Å². The van der Waals surface area contributed by atoms with Crippen LogP contribution in [-0.4, -0.2) is 20.9 Å². The van der Waals surface area contributed by atoms with Gasteiger partial charge < -0.3 is 5.32 Å². The number of halogens is 2. The van der Waals surface area contributed by atoms with E-state index in [1.165, 1.54) is 30.3 Å². The van der Waals surface area contributed by atoms with Crippen molar-refractivity contribution in [1.29, 1.82) is 0 Å². The van der Waals surface area contributed by atoms with Gasteiger partial charge in [0.15, 0.2) is 11.6 Å². The Labute approximate surface area is 138 Å². The molecule has 0 aliphatic heterocycles. The first-order valence-electron chi connectivity index (χ1n) is 6.80. The average molecular weight is 352 g/mol. The monoisotopic (exact) mass is 352 g/mol. The molecule has 0 aliphatic carbocycles. The molecule has 5 nitrogen and oxygen atoms in total. The van der Waals surface area contributed by atoms with Crippen LogP contribution in [0.15, 0.2) is 60.0 Å². The fourth-order valence-corrected chi connectivity index (χ4v) is 2.94. The van der Waals surface area contributed by atoms with Crippen LogP contribution in [0.3, 0.4) is 0 Å². The van der Waals surface area contributed by atoms with Crippen molar-refractivity contribution >= 4 is 21.6 Å². The molecule has 0 unspecified atom stereocenters. The Morgan fingerprint density at radius 2 is 1.88 bits per heavy atom. The fourth-order valence-electron chi connectivity index (χ4n) is 1.85. The number of nitrogens with one attached hydrogen (secondary N) is 2. The highest BCUT2D eigenvalue weighted by Crippen LogP contribution is 2.19. The van der Waals surface area contributed by atoms with Crippen molar-refractivity contribution in [3.05, 3.63) is 72.3 Å². The standard InChI is InChI=1S/C16H14F2N2O3S/c1-2-8-19-16(21)11-4-3-5-13(9-11)24(22,23)20-12-6-7-14(17)15(18)10-12/h2-7,9-10,20H,1,8H2,(H,19,21). The summed E-state index contributed by atoms with van der Waals surface area (Å²) in [7, 11) is -4.06. The molecule has 0 aromatic heterocycles. The molecular formula is C16H14F2N2O3S. The van der Waals surface area contributed by atoms with Crippen LogP contribution in [0.25, 0.3) is 0 Å². The summed E-state index contributed by atoms with van der Waals surface area (Å²) >= 11 is 0. The van der Waals surface area contributed by atoms with Crippen molar-refractivity contribution in [2.75, 3.05) is 11.3 Å². The molecule has 0 fully saturated rings. The SMILES string of the molecule is C=CCNC(=O)c1cccc(S(=O)(=O)Nc2ccc(F)c(F)c2)c1. The van der Waals surface area contributed by atoms with Crippen molar-refractivity contribution in [3.8, 4) is 0 Å². The average Bonchev–Trinajstić information content (AvgIpc) is 2.56. The number of carbonyl (C=O) groups excluding carboxylic acids is 1. The van der Waals surface area contributed by atoms with E-state index >= 15 is 0 Å². The number of sulfonamides is 1. The molecule has 0 saturated carbocycles. The van der Waals surface area contributed by atoms with E-state index in [1.54, 1.807) is 0 Å². The van der Waals surface area contributed by atoms with Crippen molar-refractivity contribution in [2.45, 2.75) is 4.90 Å². The summed E-state index contributed by atoms with van der Waals surface area (Å²) in [6.45, 7) is 3.70. The highest BCUT2D eigenvalue weighted by molar-refractivity contribution is 7.92. The third kappa shape index (κ3) is 4.17. The lowest BCUT2D eigenvalue weighted by molar-refractivity contribution is 0.0958. The summed E-state index contributed by atoms with van der Waals surface area (Å²) in [5.74, 6) is -2.72. The summed E-state index contributed by atoms with van der Waals surface area (Å²) in [6.07, 6.45) is 1.49. The van der Waals surface area contributed by atoms with Crippen LogP contribution >= 0.6 is 0 Å². The Bertz CT molecular complexity index is 883. The second-order valence-corrected chi connectivity index (χ2v) is 6.44. The van der Waals surface area contributed by atoms with Gasteiger partial charge in [-0.3, -0.25) is 9.52 Å². The Balaban J connectivity index is 2.27. The van der Waals surface area contributed by atoms with Gasteiger partial charge in [0.25, 0.3) is 15.9 Å². The highest BCUT2D eigenvalue weighted by Gasteiger charge is 2.17. The number of benzene rings is 2. The van der Waals surface area contributed by atoms with E-state index in [0.29, 0.717) is 0 Å². The van der Waals surface area contributed by atoms with Gasteiger partial charge in [0.05, 0.1) is 10.6 Å². The van der Waals surface area contributed by atoms with Crippen LogP contribution in [0, 0.1) is 11.6 Å². The van der Waals surface area contributed by atoms with Gasteiger partial charge in [-0.25, -0.2) is 17.2 Å². The van der Waals surface area contributed by atoms with Gasteiger partial charge >= 0.3 is 0 Å². The lowest BCUT2D eigenvalue weighted by Gasteiger charge is -2.10. The highest BCUT2D eigenvalue weighted by atomic mass is 32.2. The Morgan fingerprint density at radius 1 is 1.12 bits per heavy atom. The first kappa shape index (κ1) is 17.6. The molecule has 2 N–H and O–H groups in total. The Hall–Kier alpha value is -2.74. The molecule has 126 valence electrons. The van der Waals surface area contributed by atoms with Crippen LogP contribution in [0.5, 0.6) is 0 Å². The number of anilines is 1. The molecule has 0 saturated heterocycles. The number of rotatable bonds is 6. The molecule has 0 radical (unpaired) electrons. The Morgan fingerprint density at radius 3 is 2.54 bits per heavy atom. The molecule has 2 aromatic carbocycles. The third-order valence-electron chi connectivity index (χ3n) is 2.99. The molecule has 1 amide bonds. The first-order valence-corrected chi connectivity index (χ1v) is 8.29. The predicted molar refractivity (Wildman–Crippen MR) is 86.1 cm³/mol.